The van der Waals surface area contributed by atoms with Crippen molar-refractivity contribution in [3.05, 3.63) is 59.4 Å². The van der Waals surface area contributed by atoms with Crippen LogP contribution in [0.5, 0.6) is 5.75 Å². The van der Waals surface area contributed by atoms with Crippen molar-refractivity contribution in [3.8, 4) is 5.75 Å². The molecule has 1 aliphatic heterocycles. The second-order valence-corrected chi connectivity index (χ2v) is 5.08. The van der Waals surface area contributed by atoms with Gasteiger partial charge in [-0.05, 0) is 47.7 Å². The van der Waals surface area contributed by atoms with E-state index in [2.05, 4.69) is 28.6 Å². The number of nitrogens with one attached hydrogen (secondary N) is 1. The van der Waals surface area contributed by atoms with Gasteiger partial charge < -0.3 is 4.74 Å². The van der Waals surface area contributed by atoms with E-state index in [-0.39, 0.29) is 6.04 Å². The first-order chi connectivity index (χ1) is 9.86. The Morgan fingerprint density at radius 2 is 2.10 bits per heavy atom. The smallest absolute Gasteiger partial charge is 0.122 e. The zero-order chi connectivity index (χ0) is 13.8. The summed E-state index contributed by atoms with van der Waals surface area (Å²) in [5, 5.41) is 0. The molecule has 4 heteroatoms. The van der Waals surface area contributed by atoms with Crippen LogP contribution < -0.4 is 16.0 Å². The van der Waals surface area contributed by atoms with E-state index in [1.807, 2.05) is 24.5 Å². The van der Waals surface area contributed by atoms with Crippen molar-refractivity contribution in [3.63, 3.8) is 0 Å². The molecule has 1 aromatic carbocycles. The molecule has 3 N–H and O–H groups in total. The van der Waals surface area contributed by atoms with E-state index < -0.39 is 0 Å². The summed E-state index contributed by atoms with van der Waals surface area (Å²) in [5.41, 5.74) is 6.72. The molecule has 0 radical (unpaired) electrons. The molecule has 20 heavy (non-hydrogen) atoms. The van der Waals surface area contributed by atoms with E-state index in [9.17, 15) is 0 Å². The van der Waals surface area contributed by atoms with Crippen molar-refractivity contribution < 1.29 is 4.74 Å². The number of hydrazine groups is 1. The van der Waals surface area contributed by atoms with Crippen LogP contribution in [0.1, 0.15) is 29.2 Å². The highest BCUT2D eigenvalue weighted by Gasteiger charge is 2.16. The molecule has 0 saturated heterocycles. The van der Waals surface area contributed by atoms with Crippen molar-refractivity contribution in [2.75, 3.05) is 6.61 Å². The largest absolute Gasteiger partial charge is 0.493 e. The molecule has 1 aromatic heterocycles. The normalized spacial score (nSPS) is 14.7. The van der Waals surface area contributed by atoms with Gasteiger partial charge in [0.25, 0.3) is 0 Å². The summed E-state index contributed by atoms with van der Waals surface area (Å²) in [4.78, 5) is 4.04. The summed E-state index contributed by atoms with van der Waals surface area (Å²) in [6, 6.07) is 10.6. The van der Waals surface area contributed by atoms with Gasteiger partial charge in [-0.3, -0.25) is 16.3 Å². The number of aromatic nitrogens is 1. The van der Waals surface area contributed by atoms with Gasteiger partial charge in [0.2, 0.25) is 0 Å². The van der Waals surface area contributed by atoms with E-state index >= 15 is 0 Å². The van der Waals surface area contributed by atoms with E-state index in [1.54, 1.807) is 0 Å². The highest BCUT2D eigenvalue weighted by atomic mass is 16.5. The van der Waals surface area contributed by atoms with Crippen molar-refractivity contribution in [1.29, 1.82) is 0 Å². The molecule has 1 unspecified atom stereocenters. The predicted molar refractivity (Wildman–Crippen MR) is 78.3 cm³/mol. The molecule has 1 atom stereocenters. The minimum atomic E-state index is 0.161. The molecule has 0 amide bonds. The molecule has 4 nitrogen and oxygen atoms in total. The summed E-state index contributed by atoms with van der Waals surface area (Å²) in [6.07, 6.45) is 6.58. The number of benzene rings is 1. The summed E-state index contributed by atoms with van der Waals surface area (Å²) >= 11 is 0. The van der Waals surface area contributed by atoms with Crippen molar-refractivity contribution >= 4 is 0 Å². The predicted octanol–water partition coefficient (Wildman–Crippen LogP) is 2.15. The van der Waals surface area contributed by atoms with Gasteiger partial charge >= 0.3 is 0 Å². The monoisotopic (exact) mass is 269 g/mol. The maximum absolute atomic E-state index is 5.72. The van der Waals surface area contributed by atoms with Crippen LogP contribution in [0.2, 0.25) is 0 Å². The summed E-state index contributed by atoms with van der Waals surface area (Å²) in [5.74, 6) is 6.73. The van der Waals surface area contributed by atoms with Crippen molar-refractivity contribution in [2.45, 2.75) is 25.3 Å². The maximum atomic E-state index is 5.72. The van der Waals surface area contributed by atoms with Crippen LogP contribution >= 0.6 is 0 Å². The number of rotatable bonds is 5. The fourth-order valence-corrected chi connectivity index (χ4v) is 2.63. The Balaban J connectivity index is 1.70. The second kappa shape index (κ2) is 6.03. The minimum absolute atomic E-state index is 0.161. The van der Waals surface area contributed by atoms with Crippen LogP contribution in [0.15, 0.2) is 42.7 Å². The Hall–Kier alpha value is -1.91. The number of fused-ring (bicyclic) bond motifs is 1. The van der Waals surface area contributed by atoms with Gasteiger partial charge in [-0.25, -0.2) is 0 Å². The molecular weight excluding hydrogens is 250 g/mol. The van der Waals surface area contributed by atoms with Crippen LogP contribution in [0.4, 0.5) is 0 Å². The Morgan fingerprint density at radius 3 is 2.90 bits per heavy atom. The van der Waals surface area contributed by atoms with Crippen LogP contribution in [-0.2, 0) is 12.8 Å². The molecule has 2 aromatic rings. The minimum Gasteiger partial charge on any atom is -0.493 e. The molecular formula is C16H19N3O. The Labute approximate surface area is 119 Å². The SMILES string of the molecule is NNC(CCc1ccncc1)c1ccc2c(c1)CCO2. The van der Waals surface area contributed by atoms with Gasteiger partial charge in [0.15, 0.2) is 0 Å². The molecule has 104 valence electrons. The average molecular weight is 269 g/mol. The number of hydrogen-bond acceptors (Lipinski definition) is 4. The second-order valence-electron chi connectivity index (χ2n) is 5.08. The summed E-state index contributed by atoms with van der Waals surface area (Å²) in [6.45, 7) is 0.788. The van der Waals surface area contributed by atoms with Crippen LogP contribution in [0.3, 0.4) is 0 Å². The molecule has 1 aliphatic rings. The first-order valence-corrected chi connectivity index (χ1v) is 6.97. The Morgan fingerprint density at radius 1 is 1.25 bits per heavy atom. The zero-order valence-corrected chi connectivity index (χ0v) is 11.4. The fourth-order valence-electron chi connectivity index (χ4n) is 2.63. The fraction of sp³-hybridized carbons (Fsp3) is 0.312. The molecule has 0 bridgehead atoms. The quantitative estimate of drug-likeness (QED) is 0.645. The molecule has 0 saturated carbocycles. The topological polar surface area (TPSA) is 60.2 Å². The Kier molecular flexibility index (Phi) is 3.95. The highest BCUT2D eigenvalue weighted by molar-refractivity contribution is 5.40. The van der Waals surface area contributed by atoms with Crippen LogP contribution in [0.25, 0.3) is 0 Å². The van der Waals surface area contributed by atoms with Crippen LogP contribution in [-0.4, -0.2) is 11.6 Å². The van der Waals surface area contributed by atoms with Crippen molar-refractivity contribution in [1.82, 2.24) is 10.4 Å². The number of nitrogens with two attached hydrogens (primary N) is 1. The molecule has 3 rings (SSSR count). The van der Waals surface area contributed by atoms with E-state index in [0.29, 0.717) is 0 Å². The standard InChI is InChI=1S/C16H19N3O/c17-19-15(3-1-12-5-8-18-9-6-12)13-2-4-16-14(11-13)7-10-20-16/h2,4-6,8-9,11,15,19H,1,3,7,10,17H2. The van der Waals surface area contributed by atoms with Gasteiger partial charge in [-0.1, -0.05) is 12.1 Å². The number of ether oxygens (including phenoxy) is 1. The third-order valence-corrected chi connectivity index (χ3v) is 3.79. The maximum Gasteiger partial charge on any atom is 0.122 e. The lowest BCUT2D eigenvalue weighted by Gasteiger charge is -2.17. The number of nitrogens with zero attached hydrogens (tertiary/aromatic N) is 1. The zero-order valence-electron chi connectivity index (χ0n) is 11.4. The lowest BCUT2D eigenvalue weighted by atomic mass is 9.97. The molecule has 0 aliphatic carbocycles. The van der Waals surface area contributed by atoms with Gasteiger partial charge in [0, 0.05) is 24.9 Å². The first-order valence-electron chi connectivity index (χ1n) is 6.97. The number of pyridine rings is 1. The number of hydrogen-bond donors (Lipinski definition) is 2. The van der Waals surface area contributed by atoms with E-state index in [0.717, 1.165) is 31.6 Å². The molecule has 0 spiro atoms. The lowest BCUT2D eigenvalue weighted by Crippen LogP contribution is -2.28. The molecule has 0 fully saturated rings. The van der Waals surface area contributed by atoms with Gasteiger partial charge in [-0.2, -0.15) is 0 Å². The number of aryl methyl sites for hydroxylation is 1. The van der Waals surface area contributed by atoms with Crippen LogP contribution in [0, 0.1) is 0 Å². The highest BCUT2D eigenvalue weighted by Crippen LogP contribution is 2.29. The van der Waals surface area contributed by atoms with E-state index in [4.69, 9.17) is 10.6 Å². The average Bonchev–Trinajstić information content (AvgIpc) is 2.96. The lowest BCUT2D eigenvalue weighted by molar-refractivity contribution is 0.356. The Bertz CT molecular complexity index is 571. The van der Waals surface area contributed by atoms with Crippen molar-refractivity contribution in [2.24, 2.45) is 5.84 Å². The summed E-state index contributed by atoms with van der Waals surface area (Å²) in [7, 11) is 0. The molecule has 2 heterocycles. The third kappa shape index (κ3) is 2.81. The van der Waals surface area contributed by atoms with Gasteiger partial charge in [0.1, 0.15) is 5.75 Å². The van der Waals surface area contributed by atoms with Gasteiger partial charge in [-0.15, -0.1) is 0 Å². The third-order valence-electron chi connectivity index (χ3n) is 3.79. The van der Waals surface area contributed by atoms with Gasteiger partial charge in [0.05, 0.1) is 6.61 Å². The summed E-state index contributed by atoms with van der Waals surface area (Å²) < 4.78 is 5.54. The van der Waals surface area contributed by atoms with E-state index in [1.165, 1.54) is 16.7 Å². The first kappa shape index (κ1) is 13.1.